The van der Waals surface area contributed by atoms with E-state index in [2.05, 4.69) is 25.7 Å². The quantitative estimate of drug-likeness (QED) is 0.624. The first-order valence-electron chi connectivity index (χ1n) is 8.13. The van der Waals surface area contributed by atoms with Crippen LogP contribution in [0, 0.1) is 5.82 Å². The predicted molar refractivity (Wildman–Crippen MR) is 100 cm³/mol. The first kappa shape index (κ1) is 19.4. The molecule has 1 amide bonds. The lowest BCUT2D eigenvalue weighted by Crippen LogP contribution is -2.22. The molecular weight excluding hydrogens is 389 g/mol. The van der Waals surface area contributed by atoms with E-state index < -0.39 is 0 Å². The van der Waals surface area contributed by atoms with Gasteiger partial charge in [0.1, 0.15) is 10.8 Å². The smallest absolute Gasteiger partial charge is 0.282 e. The van der Waals surface area contributed by atoms with Crippen LogP contribution in [0.15, 0.2) is 33.9 Å². The third-order valence-corrected chi connectivity index (χ3v) is 5.33. The van der Waals surface area contributed by atoms with Crippen molar-refractivity contribution in [1.29, 1.82) is 0 Å². The average Bonchev–Trinajstić information content (AvgIpc) is 3.28. The zero-order valence-corrected chi connectivity index (χ0v) is 16.7. The van der Waals surface area contributed by atoms with Crippen LogP contribution >= 0.6 is 23.1 Å². The standard InChI is InChI=1S/C17H18FN5O2S2/c1-17(2,3)15-22-23-16(25-15)26-9-12-20-21-14(27-12)13(24)19-8-10-4-6-11(18)7-5-10/h4-7H,8-9H2,1-3H3,(H,19,24). The van der Waals surface area contributed by atoms with E-state index >= 15 is 0 Å². The summed E-state index contributed by atoms with van der Waals surface area (Å²) in [6, 6.07) is 5.94. The number of benzene rings is 1. The van der Waals surface area contributed by atoms with Crippen molar-refractivity contribution in [1.82, 2.24) is 25.7 Å². The van der Waals surface area contributed by atoms with Crippen molar-refractivity contribution in [3.05, 3.63) is 51.6 Å². The predicted octanol–water partition coefficient (Wildman–Crippen LogP) is 3.58. The van der Waals surface area contributed by atoms with Crippen LogP contribution in [0.1, 0.15) is 47.0 Å². The summed E-state index contributed by atoms with van der Waals surface area (Å²) >= 11 is 2.55. The number of thioether (sulfide) groups is 1. The van der Waals surface area contributed by atoms with Gasteiger partial charge in [0.15, 0.2) is 0 Å². The number of carbonyl (C=O) groups is 1. The maximum absolute atomic E-state index is 12.9. The third kappa shape index (κ3) is 5.33. The number of nitrogens with zero attached hydrogens (tertiary/aromatic N) is 4. The molecule has 142 valence electrons. The van der Waals surface area contributed by atoms with E-state index in [1.165, 1.54) is 35.2 Å². The number of halogens is 1. The second kappa shape index (κ2) is 8.13. The van der Waals surface area contributed by atoms with Crippen molar-refractivity contribution in [2.45, 2.75) is 43.7 Å². The van der Waals surface area contributed by atoms with Gasteiger partial charge in [0.05, 0.1) is 5.75 Å². The van der Waals surface area contributed by atoms with Crippen molar-refractivity contribution in [2.24, 2.45) is 0 Å². The van der Waals surface area contributed by atoms with E-state index in [-0.39, 0.29) is 22.1 Å². The molecule has 0 bridgehead atoms. The molecule has 10 heteroatoms. The first-order chi connectivity index (χ1) is 12.8. The number of carbonyl (C=O) groups excluding carboxylic acids is 1. The molecule has 3 rings (SSSR count). The SMILES string of the molecule is CC(C)(C)c1nnc(SCc2nnc(C(=O)NCc3ccc(F)cc3)s2)o1. The Morgan fingerprint density at radius 2 is 1.93 bits per heavy atom. The lowest BCUT2D eigenvalue weighted by molar-refractivity contribution is 0.0950. The molecule has 27 heavy (non-hydrogen) atoms. The van der Waals surface area contributed by atoms with Gasteiger partial charge in [-0.1, -0.05) is 56.0 Å². The second-order valence-corrected chi connectivity index (χ2v) is 8.71. The van der Waals surface area contributed by atoms with E-state index in [0.717, 1.165) is 5.56 Å². The van der Waals surface area contributed by atoms with E-state index in [1.54, 1.807) is 12.1 Å². The Balaban J connectivity index is 1.52. The lowest BCUT2D eigenvalue weighted by Gasteiger charge is -2.10. The van der Waals surface area contributed by atoms with Gasteiger partial charge in [-0.3, -0.25) is 4.79 Å². The first-order valence-corrected chi connectivity index (χ1v) is 9.93. The van der Waals surface area contributed by atoms with Gasteiger partial charge < -0.3 is 9.73 Å². The van der Waals surface area contributed by atoms with Gasteiger partial charge in [0.25, 0.3) is 11.1 Å². The topological polar surface area (TPSA) is 93.8 Å². The molecule has 0 aliphatic rings. The van der Waals surface area contributed by atoms with Gasteiger partial charge in [0, 0.05) is 12.0 Å². The number of nitrogens with one attached hydrogen (secondary N) is 1. The maximum Gasteiger partial charge on any atom is 0.282 e. The second-order valence-electron chi connectivity index (χ2n) is 6.72. The molecule has 1 aromatic carbocycles. The van der Waals surface area contributed by atoms with Gasteiger partial charge in [-0.15, -0.1) is 20.4 Å². The molecule has 3 aromatic rings. The highest BCUT2D eigenvalue weighted by molar-refractivity contribution is 7.98. The Morgan fingerprint density at radius 3 is 2.59 bits per heavy atom. The molecule has 0 aliphatic heterocycles. The summed E-state index contributed by atoms with van der Waals surface area (Å²) in [5, 5.41) is 20.1. The minimum atomic E-state index is -0.319. The highest BCUT2D eigenvalue weighted by Crippen LogP contribution is 2.27. The van der Waals surface area contributed by atoms with Crippen LogP contribution in [-0.2, 0) is 17.7 Å². The largest absolute Gasteiger partial charge is 0.415 e. The highest BCUT2D eigenvalue weighted by Gasteiger charge is 2.22. The zero-order valence-electron chi connectivity index (χ0n) is 15.0. The van der Waals surface area contributed by atoms with E-state index in [0.29, 0.717) is 28.4 Å². The van der Waals surface area contributed by atoms with Crippen molar-refractivity contribution in [2.75, 3.05) is 0 Å². The fourth-order valence-corrected chi connectivity index (χ4v) is 3.46. The Bertz CT molecular complexity index is 918. The van der Waals surface area contributed by atoms with E-state index in [4.69, 9.17) is 4.42 Å². The Kier molecular flexibility index (Phi) is 5.85. The number of hydrogen-bond donors (Lipinski definition) is 1. The Labute approximate surface area is 163 Å². The van der Waals surface area contributed by atoms with Crippen LogP contribution in [0.25, 0.3) is 0 Å². The van der Waals surface area contributed by atoms with Gasteiger partial charge in [0.2, 0.25) is 10.9 Å². The van der Waals surface area contributed by atoms with Crippen molar-refractivity contribution >= 4 is 29.0 Å². The molecular formula is C17H18FN5O2S2. The van der Waals surface area contributed by atoms with Crippen molar-refractivity contribution in [3.63, 3.8) is 0 Å². The summed E-state index contributed by atoms with van der Waals surface area (Å²) in [7, 11) is 0. The fourth-order valence-electron chi connectivity index (χ4n) is 1.96. The van der Waals surface area contributed by atoms with Crippen LogP contribution in [0.4, 0.5) is 4.39 Å². The molecule has 2 heterocycles. The summed E-state index contributed by atoms with van der Waals surface area (Å²) in [5.74, 6) is 0.422. The Hall–Kier alpha value is -2.33. The van der Waals surface area contributed by atoms with Crippen LogP contribution in [0.5, 0.6) is 0 Å². The maximum atomic E-state index is 12.9. The summed E-state index contributed by atoms with van der Waals surface area (Å²) in [4.78, 5) is 12.2. The van der Waals surface area contributed by atoms with E-state index in [1.807, 2.05) is 20.8 Å². The molecule has 0 aliphatic carbocycles. The molecule has 0 atom stereocenters. The number of rotatable bonds is 6. The van der Waals surface area contributed by atoms with Gasteiger partial charge >= 0.3 is 0 Å². The molecule has 1 N–H and O–H groups in total. The van der Waals surface area contributed by atoms with Crippen molar-refractivity contribution < 1.29 is 13.6 Å². The molecule has 7 nitrogen and oxygen atoms in total. The van der Waals surface area contributed by atoms with Crippen LogP contribution in [0.3, 0.4) is 0 Å². The van der Waals surface area contributed by atoms with Crippen molar-refractivity contribution in [3.8, 4) is 0 Å². The third-order valence-electron chi connectivity index (χ3n) is 3.39. The van der Waals surface area contributed by atoms with E-state index in [9.17, 15) is 9.18 Å². The summed E-state index contributed by atoms with van der Waals surface area (Å²) in [6.07, 6.45) is 0. The number of hydrogen-bond acceptors (Lipinski definition) is 8. The normalized spacial score (nSPS) is 11.6. The average molecular weight is 407 g/mol. The molecule has 0 saturated carbocycles. The highest BCUT2D eigenvalue weighted by atomic mass is 32.2. The van der Waals surface area contributed by atoms with Crippen LogP contribution in [0.2, 0.25) is 0 Å². The Morgan fingerprint density at radius 1 is 1.19 bits per heavy atom. The summed E-state index contributed by atoms with van der Waals surface area (Å²) in [6.45, 7) is 6.28. The molecule has 0 radical (unpaired) electrons. The van der Waals surface area contributed by atoms with Crippen LogP contribution < -0.4 is 5.32 Å². The minimum absolute atomic E-state index is 0.204. The number of aromatic nitrogens is 4. The lowest BCUT2D eigenvalue weighted by atomic mass is 9.97. The van der Waals surface area contributed by atoms with Gasteiger partial charge in [-0.05, 0) is 17.7 Å². The number of amides is 1. The van der Waals surface area contributed by atoms with Crippen LogP contribution in [-0.4, -0.2) is 26.3 Å². The molecule has 0 spiro atoms. The van der Waals surface area contributed by atoms with Gasteiger partial charge in [-0.25, -0.2) is 4.39 Å². The minimum Gasteiger partial charge on any atom is -0.415 e. The fraction of sp³-hybridized carbons (Fsp3) is 0.353. The molecule has 2 aromatic heterocycles. The molecule has 0 unspecified atom stereocenters. The monoisotopic (exact) mass is 407 g/mol. The zero-order chi connectivity index (χ0) is 19.4. The molecule has 0 saturated heterocycles. The summed E-state index contributed by atoms with van der Waals surface area (Å²) in [5.41, 5.74) is 0.598. The van der Waals surface area contributed by atoms with Gasteiger partial charge in [-0.2, -0.15) is 0 Å². The summed E-state index contributed by atoms with van der Waals surface area (Å²) < 4.78 is 18.5. The molecule has 0 fully saturated rings.